The summed E-state index contributed by atoms with van der Waals surface area (Å²) in [6.45, 7) is 3.37. The second-order valence-corrected chi connectivity index (χ2v) is 7.21. The molecule has 168 valence electrons. The lowest BCUT2D eigenvalue weighted by molar-refractivity contribution is -0.177. The molecular weight excluding hydrogens is 434 g/mol. The minimum absolute atomic E-state index is 0.890. The van der Waals surface area contributed by atoms with Gasteiger partial charge < -0.3 is 5.32 Å². The largest absolute Gasteiger partial charge is 0.417 e. The average molecular weight is 449 g/mol. The Balaban J connectivity index is 4.47. The van der Waals surface area contributed by atoms with Crippen molar-refractivity contribution < 1.29 is 52.7 Å². The first-order valence-electron chi connectivity index (χ1n) is 7.71. The number of hydrogen-bond acceptors (Lipinski definition) is 1. The van der Waals surface area contributed by atoms with E-state index in [2.05, 4.69) is 5.32 Å². The van der Waals surface area contributed by atoms with E-state index in [9.17, 15) is 52.7 Å². The minimum Gasteiger partial charge on any atom is -0.313 e. The summed E-state index contributed by atoms with van der Waals surface area (Å²) in [7, 11) is 0.890. The fourth-order valence-corrected chi connectivity index (χ4v) is 3.06. The van der Waals surface area contributed by atoms with Crippen LogP contribution in [-0.2, 0) is 24.7 Å². The first kappa shape index (κ1) is 25.4. The van der Waals surface area contributed by atoms with Gasteiger partial charge in [-0.25, -0.2) is 0 Å². The molecule has 0 amide bonds. The first-order valence-corrected chi connectivity index (χ1v) is 7.71. The summed E-state index contributed by atoms with van der Waals surface area (Å²) in [6.07, 6.45) is -24.3. The van der Waals surface area contributed by atoms with Crippen molar-refractivity contribution in [3.63, 3.8) is 0 Å². The van der Waals surface area contributed by atoms with Crippen LogP contribution < -0.4 is 5.32 Å². The van der Waals surface area contributed by atoms with Crippen LogP contribution in [0, 0.1) is 5.41 Å². The van der Waals surface area contributed by atoms with Gasteiger partial charge in [-0.2, -0.15) is 52.7 Å². The number of benzene rings is 1. The maximum atomic E-state index is 13.6. The minimum atomic E-state index is -6.23. The Morgan fingerprint density at radius 1 is 0.621 bits per heavy atom. The molecule has 0 bridgehead atoms. The first-order chi connectivity index (χ1) is 12.5. The Labute approximate surface area is 157 Å². The zero-order chi connectivity index (χ0) is 23.4. The monoisotopic (exact) mass is 449 g/mol. The SMILES string of the molecule is CNC(c1c(C(F)(F)F)cc(C(F)(F)F)c(C(F)(F)F)c1C(F)(F)F)C(C)(C)C. The maximum absolute atomic E-state index is 13.6. The topological polar surface area (TPSA) is 12.0 Å². The highest BCUT2D eigenvalue weighted by atomic mass is 19.4. The standard InChI is InChI=1S/C16H15F12N/c1-12(2,3)11(29-4)8-6(13(17,18)19)5-7(14(20,21)22)9(15(23,24)25)10(8)16(26,27)28/h5,11,29H,1-4H3. The molecule has 0 heterocycles. The van der Waals surface area contributed by atoms with E-state index in [-0.39, 0.29) is 0 Å². The Kier molecular flexibility index (Phi) is 6.33. The van der Waals surface area contributed by atoms with Gasteiger partial charge in [0.2, 0.25) is 0 Å². The third-order valence-corrected chi connectivity index (χ3v) is 3.99. The molecule has 0 spiro atoms. The van der Waals surface area contributed by atoms with Crippen molar-refractivity contribution >= 4 is 0 Å². The Bertz CT molecular complexity index is 744. The molecule has 0 saturated heterocycles. The third-order valence-electron chi connectivity index (χ3n) is 3.99. The lowest BCUT2D eigenvalue weighted by Gasteiger charge is -2.36. The highest BCUT2D eigenvalue weighted by Gasteiger charge is 2.55. The molecule has 1 unspecified atom stereocenters. The molecule has 0 saturated carbocycles. The van der Waals surface area contributed by atoms with E-state index in [1.165, 1.54) is 0 Å². The van der Waals surface area contributed by atoms with Crippen LogP contribution in [0.1, 0.15) is 54.6 Å². The predicted octanol–water partition coefficient (Wildman–Crippen LogP) is 7.07. The van der Waals surface area contributed by atoms with Gasteiger partial charge in [0.25, 0.3) is 0 Å². The quantitative estimate of drug-likeness (QED) is 0.477. The van der Waals surface area contributed by atoms with E-state index in [1.807, 2.05) is 0 Å². The third kappa shape index (κ3) is 5.28. The summed E-state index contributed by atoms with van der Waals surface area (Å²) in [5, 5.41) is 2.07. The van der Waals surface area contributed by atoms with Crippen molar-refractivity contribution in [3.8, 4) is 0 Å². The van der Waals surface area contributed by atoms with Crippen LogP contribution in [0.25, 0.3) is 0 Å². The summed E-state index contributed by atoms with van der Waals surface area (Å²) in [6, 6.07) is -2.93. The molecule has 0 aliphatic rings. The van der Waals surface area contributed by atoms with Crippen LogP contribution in [0.15, 0.2) is 6.07 Å². The zero-order valence-electron chi connectivity index (χ0n) is 15.2. The zero-order valence-corrected chi connectivity index (χ0v) is 15.2. The van der Waals surface area contributed by atoms with Gasteiger partial charge in [0.15, 0.2) is 0 Å². The number of nitrogens with one attached hydrogen (secondary N) is 1. The summed E-state index contributed by atoms with van der Waals surface area (Å²) in [5.41, 5.74) is -15.2. The van der Waals surface area contributed by atoms with Gasteiger partial charge in [0.1, 0.15) is 0 Å². The molecule has 1 aromatic rings. The maximum Gasteiger partial charge on any atom is 0.417 e. The molecule has 1 aromatic carbocycles. The van der Waals surface area contributed by atoms with E-state index < -0.39 is 70.0 Å². The van der Waals surface area contributed by atoms with E-state index in [1.54, 1.807) is 0 Å². The Morgan fingerprint density at radius 2 is 1.00 bits per heavy atom. The smallest absolute Gasteiger partial charge is 0.313 e. The Hall–Kier alpha value is -1.66. The van der Waals surface area contributed by atoms with Crippen molar-refractivity contribution in [2.24, 2.45) is 5.41 Å². The van der Waals surface area contributed by atoms with Crippen molar-refractivity contribution in [1.82, 2.24) is 5.32 Å². The molecule has 1 rings (SSSR count). The average Bonchev–Trinajstić information content (AvgIpc) is 2.40. The van der Waals surface area contributed by atoms with Gasteiger partial charge >= 0.3 is 24.7 Å². The molecular formula is C16H15F12N. The fourth-order valence-electron chi connectivity index (χ4n) is 3.06. The molecule has 0 fully saturated rings. The summed E-state index contributed by atoms with van der Waals surface area (Å²) >= 11 is 0. The molecule has 13 heteroatoms. The van der Waals surface area contributed by atoms with Crippen LogP contribution in [0.5, 0.6) is 0 Å². The number of hydrogen-bond donors (Lipinski definition) is 1. The van der Waals surface area contributed by atoms with E-state index in [4.69, 9.17) is 0 Å². The van der Waals surface area contributed by atoms with E-state index in [0.717, 1.165) is 27.8 Å². The van der Waals surface area contributed by atoms with Gasteiger partial charge in [0, 0.05) is 6.04 Å². The second kappa shape index (κ2) is 7.24. The second-order valence-electron chi connectivity index (χ2n) is 7.21. The van der Waals surface area contributed by atoms with Crippen LogP contribution in [0.4, 0.5) is 52.7 Å². The highest BCUT2D eigenvalue weighted by Crippen LogP contribution is 2.54. The molecule has 0 aliphatic heterocycles. The highest BCUT2D eigenvalue weighted by molar-refractivity contribution is 5.53. The number of halogens is 12. The van der Waals surface area contributed by atoms with Crippen molar-refractivity contribution in [3.05, 3.63) is 33.9 Å². The van der Waals surface area contributed by atoms with Gasteiger partial charge in [0.05, 0.1) is 22.3 Å². The van der Waals surface area contributed by atoms with Gasteiger partial charge in [-0.15, -0.1) is 0 Å². The fraction of sp³-hybridized carbons (Fsp3) is 0.625. The Morgan fingerprint density at radius 3 is 1.24 bits per heavy atom. The molecule has 1 nitrogen and oxygen atoms in total. The number of alkyl halides is 12. The molecule has 1 atom stereocenters. The molecule has 0 aromatic heterocycles. The summed E-state index contributed by atoms with van der Waals surface area (Å²) < 4.78 is 161. The van der Waals surface area contributed by atoms with Gasteiger partial charge in [-0.3, -0.25) is 0 Å². The van der Waals surface area contributed by atoms with Crippen molar-refractivity contribution in [2.45, 2.75) is 51.5 Å². The van der Waals surface area contributed by atoms with Crippen LogP contribution in [0.2, 0.25) is 0 Å². The summed E-state index contributed by atoms with van der Waals surface area (Å²) in [5.74, 6) is 0. The normalized spacial score (nSPS) is 15.6. The van der Waals surface area contributed by atoms with Crippen molar-refractivity contribution in [2.75, 3.05) is 7.05 Å². The van der Waals surface area contributed by atoms with Crippen LogP contribution >= 0.6 is 0 Å². The molecule has 0 radical (unpaired) electrons. The number of rotatable bonds is 2. The van der Waals surface area contributed by atoms with Gasteiger partial charge in [-0.05, 0) is 24.1 Å². The lowest BCUT2D eigenvalue weighted by atomic mass is 9.76. The van der Waals surface area contributed by atoms with Gasteiger partial charge in [-0.1, -0.05) is 20.8 Å². The van der Waals surface area contributed by atoms with E-state index in [0.29, 0.717) is 0 Å². The van der Waals surface area contributed by atoms with Crippen LogP contribution in [-0.4, -0.2) is 7.05 Å². The molecule has 0 aliphatic carbocycles. The van der Waals surface area contributed by atoms with E-state index >= 15 is 0 Å². The van der Waals surface area contributed by atoms with Crippen LogP contribution in [0.3, 0.4) is 0 Å². The molecule has 29 heavy (non-hydrogen) atoms. The molecule has 1 N–H and O–H groups in total. The summed E-state index contributed by atoms with van der Waals surface area (Å²) in [4.78, 5) is 0. The van der Waals surface area contributed by atoms with Crippen molar-refractivity contribution in [1.29, 1.82) is 0 Å². The predicted molar refractivity (Wildman–Crippen MR) is 77.7 cm³/mol. The lowest BCUT2D eigenvalue weighted by Crippen LogP contribution is -2.36.